The number of H-pyrrole nitrogens is 1. The Hall–Kier alpha value is -3.94. The molecule has 1 aromatic heterocycles. The summed E-state index contributed by atoms with van der Waals surface area (Å²) in [6, 6.07) is 15.2. The number of aromatic nitrogens is 1. The predicted octanol–water partition coefficient (Wildman–Crippen LogP) is 4.62. The van der Waals surface area contributed by atoms with Crippen LogP contribution >= 0.6 is 23.4 Å². The maximum atomic E-state index is 14.6. The number of benzene rings is 3. The number of nitrogens with one attached hydrogen (secondary N) is 4. The van der Waals surface area contributed by atoms with Gasteiger partial charge in [0.15, 0.2) is 0 Å². The zero-order chi connectivity index (χ0) is 35.6. The highest BCUT2D eigenvalue weighted by Crippen LogP contribution is 2.38. The van der Waals surface area contributed by atoms with Crippen molar-refractivity contribution in [3.63, 3.8) is 0 Å². The van der Waals surface area contributed by atoms with Crippen LogP contribution in [0, 0.1) is 5.82 Å². The van der Waals surface area contributed by atoms with Gasteiger partial charge in [0.05, 0.1) is 11.1 Å². The summed E-state index contributed by atoms with van der Waals surface area (Å²) < 4.78 is 14.6. The highest BCUT2D eigenvalue weighted by molar-refractivity contribution is 7.99. The quantitative estimate of drug-likeness (QED) is 0.138. The van der Waals surface area contributed by atoms with E-state index in [0.29, 0.717) is 60.7 Å². The number of amides is 3. The van der Waals surface area contributed by atoms with Crippen LogP contribution in [-0.4, -0.2) is 65.9 Å². The highest BCUT2D eigenvalue weighted by atomic mass is 35.5. The number of carbonyl (C=O) groups is 3. The summed E-state index contributed by atoms with van der Waals surface area (Å²) in [7, 11) is 1.60. The molecule has 8 N–H and O–H groups in total. The Labute approximate surface area is 301 Å². The molecule has 0 spiro atoms. The van der Waals surface area contributed by atoms with Crippen molar-refractivity contribution in [2.45, 2.75) is 79.5 Å². The number of hydrogen-bond donors (Lipinski definition) is 6. The first-order valence-electron chi connectivity index (χ1n) is 17.0. The fourth-order valence-corrected chi connectivity index (χ4v) is 7.58. The van der Waals surface area contributed by atoms with Crippen molar-refractivity contribution in [2.75, 3.05) is 20.1 Å². The maximum Gasteiger partial charge on any atom is 0.245 e. The predicted molar refractivity (Wildman–Crippen MR) is 196 cm³/mol. The number of hydrogen-bond acceptors (Lipinski definition) is 7. The second-order valence-corrected chi connectivity index (χ2v) is 14.0. The molecule has 0 saturated heterocycles. The summed E-state index contributed by atoms with van der Waals surface area (Å²) >= 11 is 8.10. The van der Waals surface area contributed by atoms with Gasteiger partial charge in [0.25, 0.3) is 0 Å². The molecule has 1 aliphatic heterocycles. The van der Waals surface area contributed by atoms with Crippen LogP contribution in [0.1, 0.15) is 48.8 Å². The van der Waals surface area contributed by atoms with Crippen LogP contribution in [0.4, 0.5) is 4.39 Å². The van der Waals surface area contributed by atoms with Gasteiger partial charge in [0.1, 0.15) is 17.9 Å². The molecule has 266 valence electrons. The minimum atomic E-state index is -0.907. The Kier molecular flexibility index (Phi) is 13.3. The van der Waals surface area contributed by atoms with Crippen LogP contribution in [0.5, 0.6) is 0 Å². The fraction of sp³-hybridized carbons (Fsp3) is 0.378. The summed E-state index contributed by atoms with van der Waals surface area (Å²) in [4.78, 5) is 48.6. The summed E-state index contributed by atoms with van der Waals surface area (Å²) in [6.07, 6.45) is 4.66. The van der Waals surface area contributed by atoms with Crippen molar-refractivity contribution < 1.29 is 18.8 Å². The molecule has 0 aliphatic carbocycles. The lowest BCUT2D eigenvalue weighted by Crippen LogP contribution is -2.57. The van der Waals surface area contributed by atoms with Gasteiger partial charge in [0.2, 0.25) is 17.7 Å². The van der Waals surface area contributed by atoms with Crippen LogP contribution in [0.2, 0.25) is 5.02 Å². The normalized spacial score (nSPS) is 19.4. The van der Waals surface area contributed by atoms with Crippen molar-refractivity contribution in [1.82, 2.24) is 25.8 Å². The topological polar surface area (TPSA) is 158 Å². The van der Waals surface area contributed by atoms with E-state index in [0.717, 1.165) is 26.9 Å². The molecular weight excluding hydrogens is 677 g/mol. The smallest absolute Gasteiger partial charge is 0.245 e. The number of nitrogens with two attached hydrogens (primary N) is 2. The zero-order valence-corrected chi connectivity index (χ0v) is 29.7. The van der Waals surface area contributed by atoms with E-state index in [1.807, 2.05) is 42.6 Å². The lowest BCUT2D eigenvalue weighted by molar-refractivity contribution is -0.142. The van der Waals surface area contributed by atoms with Crippen LogP contribution in [-0.2, 0) is 33.9 Å². The van der Waals surface area contributed by atoms with E-state index in [2.05, 4.69) is 20.9 Å². The molecule has 5 rings (SSSR count). The van der Waals surface area contributed by atoms with Gasteiger partial charge >= 0.3 is 0 Å². The molecule has 1 aliphatic rings. The average molecular weight is 722 g/mol. The molecule has 3 atom stereocenters. The summed E-state index contributed by atoms with van der Waals surface area (Å²) in [5.41, 5.74) is 14.8. The molecule has 0 bridgehead atoms. The largest absolute Gasteiger partial charge is 0.361 e. The van der Waals surface area contributed by atoms with Crippen molar-refractivity contribution in [3.05, 3.63) is 94.4 Å². The number of para-hydroxylation sites is 1. The zero-order valence-electron chi connectivity index (χ0n) is 28.1. The van der Waals surface area contributed by atoms with Gasteiger partial charge in [-0.05, 0) is 92.2 Å². The van der Waals surface area contributed by atoms with Gasteiger partial charge in [-0.25, -0.2) is 4.39 Å². The minimum Gasteiger partial charge on any atom is -0.361 e. The third-order valence-electron chi connectivity index (χ3n) is 9.06. The molecule has 2 unspecified atom stereocenters. The van der Waals surface area contributed by atoms with E-state index >= 15 is 0 Å². The van der Waals surface area contributed by atoms with E-state index in [4.69, 9.17) is 23.1 Å². The lowest BCUT2D eigenvalue weighted by atomic mass is 10.0. The number of halogens is 2. The number of unbranched alkanes of at least 4 members (excludes halogenated alkanes) is 1. The first kappa shape index (κ1) is 37.3. The van der Waals surface area contributed by atoms with E-state index < -0.39 is 23.9 Å². The number of carbonyl (C=O) groups excluding carboxylic acids is 3. The molecule has 13 heteroatoms. The van der Waals surface area contributed by atoms with Gasteiger partial charge in [-0.15, -0.1) is 0 Å². The molecular formula is C37H45ClFN7O3S. The first-order chi connectivity index (χ1) is 24.2. The average Bonchev–Trinajstić information content (AvgIpc) is 3.52. The van der Waals surface area contributed by atoms with E-state index in [-0.39, 0.29) is 37.2 Å². The summed E-state index contributed by atoms with van der Waals surface area (Å²) in [5, 5.41) is 10.8. The Morgan fingerprint density at radius 3 is 2.48 bits per heavy atom. The van der Waals surface area contributed by atoms with Gasteiger partial charge < -0.3 is 37.3 Å². The molecule has 2 heterocycles. The Morgan fingerprint density at radius 2 is 1.68 bits per heavy atom. The minimum absolute atomic E-state index is 0.140. The lowest BCUT2D eigenvalue weighted by Gasteiger charge is -2.32. The summed E-state index contributed by atoms with van der Waals surface area (Å²) in [6.45, 7) is 1.13. The van der Waals surface area contributed by atoms with Crippen molar-refractivity contribution in [1.29, 1.82) is 0 Å². The van der Waals surface area contributed by atoms with Crippen LogP contribution < -0.4 is 27.4 Å². The molecule has 50 heavy (non-hydrogen) atoms. The first-order valence-corrected chi connectivity index (χ1v) is 18.2. The molecule has 4 aromatic rings. The standard InChI is InChI=1S/C37H45ClFN7O3S/c1-46-32(19-24-21-42-29-11-3-2-9-27(24)29)36(48)44-20-23-8-6-10-28(38)34(23)50-33-15-14-26(39)18-25(33)22-43-30(13-7-17-41)35(47)45-31(37(46)49)12-4-5-16-40/h2-3,6,8-11,14-15,18,21,30-32,42-43H,4-5,7,12-13,16-17,19-20,22,40-41H2,1H3,(H,44,48)(H,45,47)/t30?,31?,32-/m0/s1. The van der Waals surface area contributed by atoms with Crippen LogP contribution in [0.15, 0.2) is 76.7 Å². The number of rotatable bonds is 9. The molecule has 3 amide bonds. The van der Waals surface area contributed by atoms with Gasteiger partial charge in [-0.2, -0.15) is 0 Å². The number of nitrogens with zero attached hydrogens (tertiary/aromatic N) is 1. The van der Waals surface area contributed by atoms with E-state index in [1.165, 1.54) is 28.8 Å². The number of likely N-dealkylation sites (N-methyl/N-ethyl adjacent to an activating group) is 1. The van der Waals surface area contributed by atoms with E-state index in [9.17, 15) is 18.8 Å². The molecule has 3 aromatic carbocycles. The van der Waals surface area contributed by atoms with Gasteiger partial charge in [0, 0.05) is 53.4 Å². The van der Waals surface area contributed by atoms with Crippen molar-refractivity contribution >= 4 is 52.0 Å². The number of fused-ring (bicyclic) bond motifs is 3. The second-order valence-electron chi connectivity index (χ2n) is 12.5. The third-order valence-corrected chi connectivity index (χ3v) is 10.8. The second kappa shape index (κ2) is 17.8. The Morgan fingerprint density at radius 1 is 0.900 bits per heavy atom. The maximum absolute atomic E-state index is 14.6. The van der Waals surface area contributed by atoms with Crippen LogP contribution in [0.3, 0.4) is 0 Å². The number of aromatic amines is 1. The monoisotopic (exact) mass is 721 g/mol. The SMILES string of the molecule is CN1C(=O)C(CCCCN)NC(=O)C(CCCN)NCc2cc(F)ccc2Sc2c(Cl)cccc2CNC(=O)[C@@H]1Cc1c[nH]c2ccccc12. The van der Waals surface area contributed by atoms with Gasteiger partial charge in [-0.1, -0.05) is 53.7 Å². The Balaban J connectivity index is 1.57. The molecule has 10 nitrogen and oxygen atoms in total. The van der Waals surface area contributed by atoms with Crippen molar-refractivity contribution in [3.8, 4) is 0 Å². The van der Waals surface area contributed by atoms with Crippen LogP contribution in [0.25, 0.3) is 10.9 Å². The molecule has 0 fully saturated rings. The Bertz CT molecular complexity index is 1800. The molecule has 0 saturated carbocycles. The summed E-state index contributed by atoms with van der Waals surface area (Å²) in [5.74, 6) is -1.53. The fourth-order valence-electron chi connectivity index (χ4n) is 6.22. The molecule has 0 radical (unpaired) electrons. The highest BCUT2D eigenvalue weighted by Gasteiger charge is 2.34. The third kappa shape index (κ3) is 9.23. The van der Waals surface area contributed by atoms with Gasteiger partial charge in [-0.3, -0.25) is 14.4 Å². The van der Waals surface area contributed by atoms with Crippen molar-refractivity contribution in [2.24, 2.45) is 11.5 Å². The van der Waals surface area contributed by atoms with E-state index in [1.54, 1.807) is 19.2 Å².